The number of methoxy groups -OCH3 is 2. The summed E-state index contributed by atoms with van der Waals surface area (Å²) in [6.07, 6.45) is 0. The summed E-state index contributed by atoms with van der Waals surface area (Å²) >= 11 is 6.32. The van der Waals surface area contributed by atoms with E-state index in [2.05, 4.69) is 0 Å². The number of amides is 1. The number of hydrogen-bond donors (Lipinski definition) is 1. The monoisotopic (exact) mass is 481 g/mol. The molecular weight excluding hydrogens is 458 g/mol. The molecule has 1 unspecified atom stereocenters. The molecule has 1 saturated heterocycles. The van der Waals surface area contributed by atoms with Crippen LogP contribution in [0.4, 0.5) is 0 Å². The van der Waals surface area contributed by atoms with Crippen LogP contribution in [0.2, 0.25) is 5.02 Å². The normalized spacial score (nSPS) is 17.3. The average molecular weight is 482 g/mol. The van der Waals surface area contributed by atoms with Crippen molar-refractivity contribution in [3.63, 3.8) is 0 Å². The van der Waals surface area contributed by atoms with Crippen LogP contribution < -0.4 is 9.47 Å². The number of aryl methyl sites for hydroxylation is 2. The maximum atomic E-state index is 13.2. The van der Waals surface area contributed by atoms with Gasteiger partial charge < -0.3 is 23.9 Å². The Hall–Kier alpha value is -3.71. The second-order valence-corrected chi connectivity index (χ2v) is 8.46. The Bertz CT molecular complexity index is 1290. The summed E-state index contributed by atoms with van der Waals surface area (Å²) in [7, 11) is 2.99. The van der Waals surface area contributed by atoms with Gasteiger partial charge in [0.15, 0.2) is 0 Å². The first-order valence-corrected chi connectivity index (χ1v) is 10.9. The molecule has 0 spiro atoms. The van der Waals surface area contributed by atoms with E-state index >= 15 is 0 Å². The van der Waals surface area contributed by atoms with Crippen LogP contribution in [-0.2, 0) is 16.1 Å². The van der Waals surface area contributed by atoms with Gasteiger partial charge in [0.1, 0.15) is 34.8 Å². The highest BCUT2D eigenvalue weighted by molar-refractivity contribution is 6.46. The standard InChI is InChI=1S/C26H24ClNO6/c1-14-11-18(25(33-4)19(27)12-14)23(29)21-22(20-10-5-15(2)34-20)28(26(31)24(21)30)13-16-6-8-17(32-3)9-7-16/h5-12,22,29H,13H2,1-4H3/b23-21+. The number of aliphatic hydroxyl groups is 1. The number of nitrogens with zero attached hydrogens (tertiary/aromatic N) is 1. The number of benzene rings is 2. The van der Waals surface area contributed by atoms with E-state index in [1.54, 1.807) is 57.4 Å². The molecule has 7 nitrogen and oxygen atoms in total. The van der Waals surface area contributed by atoms with Crippen molar-refractivity contribution < 1.29 is 28.6 Å². The van der Waals surface area contributed by atoms with E-state index in [1.165, 1.54) is 12.0 Å². The van der Waals surface area contributed by atoms with E-state index in [0.29, 0.717) is 17.3 Å². The van der Waals surface area contributed by atoms with E-state index in [9.17, 15) is 14.7 Å². The number of Topliss-reactive ketones (excluding diaryl/α,β-unsaturated/α-hetero) is 1. The zero-order valence-corrected chi connectivity index (χ0v) is 20.0. The van der Waals surface area contributed by atoms with Gasteiger partial charge in [-0.3, -0.25) is 9.59 Å². The molecule has 1 aromatic heterocycles. The first-order valence-electron chi connectivity index (χ1n) is 10.6. The van der Waals surface area contributed by atoms with E-state index in [4.69, 9.17) is 25.5 Å². The topological polar surface area (TPSA) is 89.2 Å². The van der Waals surface area contributed by atoms with Crippen molar-refractivity contribution >= 4 is 29.1 Å². The maximum Gasteiger partial charge on any atom is 0.296 e. The van der Waals surface area contributed by atoms with E-state index in [-0.39, 0.29) is 34.2 Å². The summed E-state index contributed by atoms with van der Waals surface area (Å²) in [5.41, 5.74) is 1.67. The number of likely N-dealkylation sites (tertiary alicyclic amines) is 1. The van der Waals surface area contributed by atoms with Crippen LogP contribution in [0.5, 0.6) is 11.5 Å². The van der Waals surface area contributed by atoms with Crippen molar-refractivity contribution in [3.8, 4) is 11.5 Å². The largest absolute Gasteiger partial charge is 0.507 e. The highest BCUT2D eigenvalue weighted by atomic mass is 35.5. The quantitative estimate of drug-likeness (QED) is 0.296. The lowest BCUT2D eigenvalue weighted by Crippen LogP contribution is -2.29. The zero-order chi connectivity index (χ0) is 24.6. The van der Waals surface area contributed by atoms with Gasteiger partial charge in [0.05, 0.1) is 30.4 Å². The van der Waals surface area contributed by atoms with Gasteiger partial charge >= 0.3 is 0 Å². The number of halogens is 1. The Morgan fingerprint density at radius 2 is 1.76 bits per heavy atom. The predicted octanol–water partition coefficient (Wildman–Crippen LogP) is 5.19. The van der Waals surface area contributed by atoms with Crippen LogP contribution in [0.15, 0.2) is 58.5 Å². The Kier molecular flexibility index (Phi) is 6.39. The smallest absolute Gasteiger partial charge is 0.296 e. The van der Waals surface area contributed by atoms with Crippen molar-refractivity contribution in [1.82, 2.24) is 4.90 Å². The molecule has 0 bridgehead atoms. The SMILES string of the molecule is COc1ccc(CN2C(=O)C(=O)/C(=C(/O)c3cc(C)cc(Cl)c3OC)C2c2ccc(C)o2)cc1. The number of ether oxygens (including phenoxy) is 2. The molecule has 34 heavy (non-hydrogen) atoms. The van der Waals surface area contributed by atoms with Gasteiger partial charge in [0.2, 0.25) is 0 Å². The van der Waals surface area contributed by atoms with E-state index in [0.717, 1.165) is 11.1 Å². The molecule has 4 rings (SSSR count). The van der Waals surface area contributed by atoms with Crippen LogP contribution in [-0.4, -0.2) is 35.9 Å². The molecule has 1 aliphatic heterocycles. The predicted molar refractivity (Wildman–Crippen MR) is 127 cm³/mol. The minimum atomic E-state index is -0.931. The van der Waals surface area contributed by atoms with Gasteiger partial charge in [0, 0.05) is 6.54 Å². The summed E-state index contributed by atoms with van der Waals surface area (Å²) in [5, 5.41) is 11.6. The molecule has 1 amide bonds. The van der Waals surface area contributed by atoms with Gasteiger partial charge in [-0.1, -0.05) is 23.7 Å². The minimum absolute atomic E-state index is 0.0900. The van der Waals surface area contributed by atoms with Crippen molar-refractivity contribution in [2.45, 2.75) is 26.4 Å². The number of aliphatic hydroxyl groups excluding tert-OH is 1. The first-order chi connectivity index (χ1) is 16.2. The summed E-state index contributed by atoms with van der Waals surface area (Å²) in [6, 6.07) is 13.0. The Balaban J connectivity index is 1.88. The molecule has 2 heterocycles. The average Bonchev–Trinajstić information content (AvgIpc) is 3.35. The molecule has 1 atom stereocenters. The Labute approximate surface area is 202 Å². The molecule has 3 aromatic rings. The molecule has 1 fully saturated rings. The third-order valence-corrected chi connectivity index (χ3v) is 6.01. The number of hydrogen-bond acceptors (Lipinski definition) is 6. The van der Waals surface area contributed by atoms with Crippen molar-refractivity contribution in [2.24, 2.45) is 0 Å². The fourth-order valence-corrected chi connectivity index (χ4v) is 4.48. The summed E-state index contributed by atoms with van der Waals surface area (Å²) in [4.78, 5) is 27.8. The summed E-state index contributed by atoms with van der Waals surface area (Å²) in [6.45, 7) is 3.70. The van der Waals surface area contributed by atoms with Crippen LogP contribution in [0.3, 0.4) is 0 Å². The highest BCUT2D eigenvalue weighted by Gasteiger charge is 2.47. The van der Waals surface area contributed by atoms with Gasteiger partial charge in [-0.05, 0) is 61.4 Å². The Morgan fingerprint density at radius 3 is 2.35 bits per heavy atom. The van der Waals surface area contributed by atoms with Gasteiger partial charge in [-0.2, -0.15) is 0 Å². The molecule has 1 N–H and O–H groups in total. The van der Waals surface area contributed by atoms with Crippen LogP contribution in [0.25, 0.3) is 5.76 Å². The summed E-state index contributed by atoms with van der Waals surface area (Å²) in [5.74, 6) is -0.0745. The van der Waals surface area contributed by atoms with Crippen LogP contribution >= 0.6 is 11.6 Å². The van der Waals surface area contributed by atoms with E-state index in [1.807, 2.05) is 12.1 Å². The molecule has 0 aliphatic carbocycles. The molecule has 1 aliphatic rings. The van der Waals surface area contributed by atoms with E-state index < -0.39 is 17.7 Å². The van der Waals surface area contributed by atoms with Gasteiger partial charge in [-0.25, -0.2) is 0 Å². The minimum Gasteiger partial charge on any atom is -0.507 e. The molecule has 0 saturated carbocycles. The van der Waals surface area contributed by atoms with Crippen molar-refractivity contribution in [2.75, 3.05) is 14.2 Å². The number of ketones is 1. The molecule has 2 aromatic carbocycles. The Morgan fingerprint density at radius 1 is 1.06 bits per heavy atom. The number of carbonyl (C=O) groups excluding carboxylic acids is 2. The highest BCUT2D eigenvalue weighted by Crippen LogP contribution is 2.43. The fourth-order valence-electron chi connectivity index (χ4n) is 4.12. The maximum absolute atomic E-state index is 13.2. The van der Waals surface area contributed by atoms with Gasteiger partial charge in [0.25, 0.3) is 11.7 Å². The lowest BCUT2D eigenvalue weighted by Gasteiger charge is -2.23. The number of furan rings is 1. The van der Waals surface area contributed by atoms with Crippen molar-refractivity contribution in [1.29, 1.82) is 0 Å². The van der Waals surface area contributed by atoms with Crippen LogP contribution in [0.1, 0.15) is 34.3 Å². The number of carbonyl (C=O) groups is 2. The number of rotatable bonds is 6. The third kappa shape index (κ3) is 4.15. The van der Waals surface area contributed by atoms with Crippen molar-refractivity contribution in [3.05, 3.63) is 87.3 Å². The zero-order valence-electron chi connectivity index (χ0n) is 19.2. The molecule has 0 radical (unpaired) electrons. The second kappa shape index (κ2) is 9.27. The second-order valence-electron chi connectivity index (χ2n) is 8.05. The fraction of sp³-hybridized carbons (Fsp3) is 0.231. The van der Waals surface area contributed by atoms with Gasteiger partial charge in [-0.15, -0.1) is 0 Å². The third-order valence-electron chi connectivity index (χ3n) is 5.73. The molecule has 8 heteroatoms. The summed E-state index contributed by atoms with van der Waals surface area (Å²) < 4.78 is 16.4. The lowest BCUT2D eigenvalue weighted by molar-refractivity contribution is -0.140. The molecule has 176 valence electrons. The lowest BCUT2D eigenvalue weighted by atomic mass is 9.97. The molecular formula is C26H24ClNO6. The van der Waals surface area contributed by atoms with Crippen LogP contribution in [0, 0.1) is 13.8 Å². The first kappa shape index (κ1) is 23.4.